The molecule has 2 bridgehead atoms. The third kappa shape index (κ3) is 7.09. The molecule has 2 heterocycles. The molecule has 4 aliphatic rings. The Morgan fingerprint density at radius 1 is 1.04 bits per heavy atom. The second-order valence-electron chi connectivity index (χ2n) is 14.6. The second kappa shape index (κ2) is 14.3. The maximum atomic E-state index is 14.6. The largest absolute Gasteiger partial charge is 0.496 e. The van der Waals surface area contributed by atoms with E-state index in [9.17, 15) is 9.59 Å². The topological polar surface area (TPSA) is 119 Å². The van der Waals surface area contributed by atoms with Gasteiger partial charge in [0.15, 0.2) is 0 Å². The fourth-order valence-corrected chi connectivity index (χ4v) is 8.32. The van der Waals surface area contributed by atoms with Crippen LogP contribution in [-0.2, 0) is 14.9 Å². The molecular formula is C38H51N5O5. The number of hydrogen-bond donors (Lipinski definition) is 2. The van der Waals surface area contributed by atoms with E-state index < -0.39 is 6.09 Å². The van der Waals surface area contributed by atoms with Crippen molar-refractivity contribution in [3.05, 3.63) is 60.0 Å². The lowest BCUT2D eigenvalue weighted by Gasteiger charge is -2.55. The summed E-state index contributed by atoms with van der Waals surface area (Å²) in [6, 6.07) is 10.9. The Morgan fingerprint density at radius 3 is 2.40 bits per heavy atom. The maximum absolute atomic E-state index is 14.6. The molecule has 4 fully saturated rings. The molecular weight excluding hydrogens is 606 g/mol. The highest BCUT2D eigenvalue weighted by Crippen LogP contribution is 2.58. The van der Waals surface area contributed by atoms with Crippen LogP contribution < -0.4 is 15.0 Å². The van der Waals surface area contributed by atoms with E-state index in [2.05, 4.69) is 61.6 Å². The number of alkyl carbamates (subject to hydrolysis) is 1. The van der Waals surface area contributed by atoms with E-state index in [0.29, 0.717) is 38.0 Å². The predicted octanol–water partition coefficient (Wildman–Crippen LogP) is 6.75. The molecule has 0 atom stereocenters. The first kappa shape index (κ1) is 34.0. The van der Waals surface area contributed by atoms with Crippen LogP contribution in [0.4, 0.5) is 10.6 Å². The Labute approximate surface area is 284 Å². The lowest BCUT2D eigenvalue weighted by atomic mass is 9.51. The van der Waals surface area contributed by atoms with Crippen molar-refractivity contribution in [1.82, 2.24) is 20.1 Å². The van der Waals surface area contributed by atoms with E-state index in [1.54, 1.807) is 7.11 Å². The van der Waals surface area contributed by atoms with Crippen LogP contribution in [0.25, 0.3) is 11.1 Å². The molecule has 48 heavy (non-hydrogen) atoms. The zero-order valence-electron chi connectivity index (χ0n) is 28.9. The summed E-state index contributed by atoms with van der Waals surface area (Å²) in [6.45, 7) is 6.77. The number of aliphatic hydroxyl groups is 1. The molecule has 0 saturated heterocycles. The zero-order chi connectivity index (χ0) is 33.9. The number of aryl methyl sites for hydroxylation is 1. The minimum atomic E-state index is -0.517. The molecule has 0 radical (unpaired) electrons. The summed E-state index contributed by atoms with van der Waals surface area (Å²) in [5.74, 6) is 1.62. The van der Waals surface area contributed by atoms with Crippen molar-refractivity contribution in [3.63, 3.8) is 0 Å². The van der Waals surface area contributed by atoms with Gasteiger partial charge >= 0.3 is 6.09 Å². The summed E-state index contributed by atoms with van der Waals surface area (Å²) in [5.41, 5.74) is 4.84. The van der Waals surface area contributed by atoms with E-state index in [4.69, 9.17) is 19.6 Å². The molecule has 0 unspecified atom stereocenters. The van der Waals surface area contributed by atoms with E-state index in [-0.39, 0.29) is 48.0 Å². The van der Waals surface area contributed by atoms with Crippen LogP contribution in [0.2, 0.25) is 0 Å². The summed E-state index contributed by atoms with van der Waals surface area (Å²) >= 11 is 0. The summed E-state index contributed by atoms with van der Waals surface area (Å²) < 4.78 is 12.5. The molecule has 258 valence electrons. The van der Waals surface area contributed by atoms with Gasteiger partial charge in [-0.15, -0.1) is 0 Å². The molecule has 10 nitrogen and oxygen atoms in total. The predicted molar refractivity (Wildman–Crippen MR) is 185 cm³/mol. The van der Waals surface area contributed by atoms with Crippen LogP contribution >= 0.6 is 0 Å². The number of carbonyl (C=O) groups excluding carboxylic acids is 2. The number of rotatable bonds is 11. The van der Waals surface area contributed by atoms with Crippen molar-refractivity contribution >= 4 is 17.8 Å². The van der Waals surface area contributed by atoms with Gasteiger partial charge < -0.3 is 19.9 Å². The average molecular weight is 658 g/mol. The van der Waals surface area contributed by atoms with Crippen molar-refractivity contribution in [2.45, 2.75) is 102 Å². The second-order valence-corrected chi connectivity index (χ2v) is 14.6. The van der Waals surface area contributed by atoms with Gasteiger partial charge in [0.05, 0.1) is 19.9 Å². The average Bonchev–Trinajstić information content (AvgIpc) is 3.62. The van der Waals surface area contributed by atoms with Crippen LogP contribution in [0, 0.1) is 18.3 Å². The van der Waals surface area contributed by atoms with E-state index in [1.807, 2.05) is 28.0 Å². The third-order valence-corrected chi connectivity index (χ3v) is 11.4. The maximum Gasteiger partial charge on any atom is 0.407 e. The molecule has 0 spiro atoms. The SMILES string of the molecule is COc1ccc(C23CCC(CN(C(=O)C4CCC(NC(=O)OCCO)CC4)c4cc(-c5cnn(C(C)C)c5)ccn4)(CC2)CC3)cc1C. The summed E-state index contributed by atoms with van der Waals surface area (Å²) in [5, 5.41) is 16.4. The van der Waals surface area contributed by atoms with Crippen molar-refractivity contribution in [2.75, 3.05) is 31.8 Å². The number of hydrogen-bond acceptors (Lipinski definition) is 7. The molecule has 7 rings (SSSR count). The Bertz CT molecular complexity index is 1570. The van der Waals surface area contributed by atoms with Gasteiger partial charge in [0.2, 0.25) is 5.91 Å². The van der Waals surface area contributed by atoms with Crippen molar-refractivity contribution in [3.8, 4) is 16.9 Å². The first-order chi connectivity index (χ1) is 23.1. The monoisotopic (exact) mass is 657 g/mol. The van der Waals surface area contributed by atoms with Crippen LogP contribution in [0.5, 0.6) is 5.75 Å². The lowest BCUT2D eigenvalue weighted by molar-refractivity contribution is -0.124. The Morgan fingerprint density at radius 2 is 1.77 bits per heavy atom. The highest BCUT2D eigenvalue weighted by molar-refractivity contribution is 5.95. The highest BCUT2D eigenvalue weighted by Gasteiger charge is 2.51. The van der Waals surface area contributed by atoms with Crippen LogP contribution in [0.3, 0.4) is 0 Å². The molecule has 4 saturated carbocycles. The van der Waals surface area contributed by atoms with Gasteiger partial charge in [0, 0.05) is 42.5 Å². The van der Waals surface area contributed by atoms with E-state index >= 15 is 0 Å². The van der Waals surface area contributed by atoms with Crippen molar-refractivity contribution in [1.29, 1.82) is 0 Å². The number of benzene rings is 1. The quantitative estimate of drug-likeness (QED) is 0.234. The van der Waals surface area contributed by atoms with Gasteiger partial charge in [-0.05, 0) is 131 Å². The third-order valence-electron chi connectivity index (χ3n) is 11.4. The number of nitrogens with one attached hydrogen (secondary N) is 1. The van der Waals surface area contributed by atoms with Gasteiger partial charge in [-0.25, -0.2) is 9.78 Å². The molecule has 4 aliphatic carbocycles. The van der Waals surface area contributed by atoms with Gasteiger partial charge in [-0.3, -0.25) is 14.4 Å². The number of amides is 2. The fourth-order valence-electron chi connectivity index (χ4n) is 8.32. The van der Waals surface area contributed by atoms with Crippen LogP contribution in [0.15, 0.2) is 48.9 Å². The smallest absolute Gasteiger partial charge is 0.407 e. The van der Waals surface area contributed by atoms with Gasteiger partial charge in [-0.1, -0.05) is 12.1 Å². The molecule has 10 heteroatoms. The van der Waals surface area contributed by atoms with Crippen LogP contribution in [0.1, 0.15) is 95.2 Å². The Hall–Kier alpha value is -3.92. The number of anilines is 1. The van der Waals surface area contributed by atoms with Crippen LogP contribution in [-0.4, -0.2) is 64.8 Å². The molecule has 2 aromatic heterocycles. The number of aliphatic hydroxyl groups excluding tert-OH is 1. The summed E-state index contributed by atoms with van der Waals surface area (Å²) in [7, 11) is 1.73. The van der Waals surface area contributed by atoms with E-state index in [1.165, 1.54) is 11.1 Å². The fraction of sp³-hybridized carbons (Fsp3) is 0.579. The summed E-state index contributed by atoms with van der Waals surface area (Å²) in [4.78, 5) is 33.4. The lowest BCUT2D eigenvalue weighted by Crippen LogP contribution is -2.52. The number of ether oxygens (including phenoxy) is 2. The molecule has 2 amide bonds. The van der Waals surface area contributed by atoms with Crippen molar-refractivity contribution in [2.24, 2.45) is 11.3 Å². The normalized spacial score (nSPS) is 25.1. The number of methoxy groups -OCH3 is 1. The number of pyridine rings is 1. The Balaban J connectivity index is 1.22. The van der Waals surface area contributed by atoms with Crippen molar-refractivity contribution < 1.29 is 24.2 Å². The minimum Gasteiger partial charge on any atom is -0.496 e. The first-order valence-electron chi connectivity index (χ1n) is 17.7. The molecule has 0 aliphatic heterocycles. The number of fused-ring (bicyclic) bond motifs is 3. The Kier molecular flexibility index (Phi) is 10.1. The van der Waals surface area contributed by atoms with E-state index in [0.717, 1.165) is 55.4 Å². The highest BCUT2D eigenvalue weighted by atomic mass is 16.6. The number of nitrogens with zero attached hydrogens (tertiary/aromatic N) is 4. The number of carbonyl (C=O) groups is 2. The summed E-state index contributed by atoms with van der Waals surface area (Å²) in [6.07, 6.45) is 14.6. The van der Waals surface area contributed by atoms with Gasteiger partial charge in [-0.2, -0.15) is 5.10 Å². The first-order valence-corrected chi connectivity index (χ1v) is 17.7. The molecule has 3 aromatic rings. The minimum absolute atomic E-state index is 0.0262. The van der Waals surface area contributed by atoms with Gasteiger partial charge in [0.1, 0.15) is 18.2 Å². The standard InChI is InChI=1S/C38H51N5O5/c1-26(2)43-24-30(23-40-43)29-11-18-39-34(22-29)42(35(45)28-5-8-32(9-6-28)41-36(46)48-20-19-44)25-37-12-15-38(16-13-37,17-14-37)31-7-10-33(47-4)27(3)21-31/h7,10-11,18,21-24,26,28,32,44H,5-6,8-9,12-17,19-20,25H2,1-4H3,(H,41,46). The molecule has 1 aromatic carbocycles. The molecule has 2 N–H and O–H groups in total. The van der Waals surface area contributed by atoms with Gasteiger partial charge in [0.25, 0.3) is 0 Å². The number of aromatic nitrogens is 3. The zero-order valence-corrected chi connectivity index (χ0v) is 28.9.